The molecule has 22 heavy (non-hydrogen) atoms. The van der Waals surface area contributed by atoms with Gasteiger partial charge in [-0.2, -0.15) is 0 Å². The standard InChI is InChI=1S/C19H33N.CH3Cl/c1-2-3-4-5-6-7-8-9-10-14-17-19(20)18-15-12-11-13-16-18;1-2/h11-13,15-16,19H,2-10,14,17,20H2,1H3;1H3. The van der Waals surface area contributed by atoms with Crippen LogP contribution in [-0.2, 0) is 0 Å². The average molecular weight is 326 g/mol. The molecular formula is C20H36ClN. The molecule has 0 aliphatic carbocycles. The van der Waals surface area contributed by atoms with Crippen molar-refractivity contribution < 1.29 is 0 Å². The zero-order valence-corrected chi connectivity index (χ0v) is 15.5. The molecule has 0 aliphatic rings. The summed E-state index contributed by atoms with van der Waals surface area (Å²) in [5.41, 5.74) is 7.48. The van der Waals surface area contributed by atoms with Gasteiger partial charge in [0.25, 0.3) is 0 Å². The smallest absolute Gasteiger partial charge is 0.0294 e. The molecule has 1 rings (SSSR count). The molecule has 1 unspecified atom stereocenters. The van der Waals surface area contributed by atoms with Gasteiger partial charge in [0.05, 0.1) is 0 Å². The van der Waals surface area contributed by atoms with Gasteiger partial charge in [-0.1, -0.05) is 101 Å². The zero-order valence-electron chi connectivity index (χ0n) is 14.7. The van der Waals surface area contributed by atoms with E-state index in [0.29, 0.717) is 0 Å². The summed E-state index contributed by atoms with van der Waals surface area (Å²) < 4.78 is 0. The van der Waals surface area contributed by atoms with Crippen molar-refractivity contribution in [3.63, 3.8) is 0 Å². The lowest BCUT2D eigenvalue weighted by Gasteiger charge is -2.11. The van der Waals surface area contributed by atoms with E-state index in [4.69, 9.17) is 5.73 Å². The molecule has 1 aromatic rings. The first-order valence-electron chi connectivity index (χ1n) is 9.03. The van der Waals surface area contributed by atoms with Crippen molar-refractivity contribution in [2.24, 2.45) is 5.73 Å². The lowest BCUT2D eigenvalue weighted by molar-refractivity contribution is 0.529. The molecule has 0 spiro atoms. The molecule has 0 aromatic heterocycles. The minimum Gasteiger partial charge on any atom is -0.324 e. The van der Waals surface area contributed by atoms with Gasteiger partial charge in [-0.25, -0.2) is 0 Å². The molecule has 0 saturated heterocycles. The van der Waals surface area contributed by atoms with E-state index in [9.17, 15) is 0 Å². The number of hydrogen-bond acceptors (Lipinski definition) is 1. The molecule has 1 aromatic carbocycles. The van der Waals surface area contributed by atoms with Gasteiger partial charge in [-0.15, -0.1) is 11.6 Å². The highest BCUT2D eigenvalue weighted by molar-refractivity contribution is 6.15. The summed E-state index contributed by atoms with van der Waals surface area (Å²) >= 11 is 4.64. The second kappa shape index (κ2) is 16.8. The van der Waals surface area contributed by atoms with Crippen LogP contribution in [0.25, 0.3) is 0 Å². The SMILES string of the molecule is CCCCCCCCCCCCC(N)c1ccccc1.CCl. The van der Waals surface area contributed by atoms with Crippen LogP contribution in [0, 0.1) is 0 Å². The second-order valence-corrected chi connectivity index (χ2v) is 5.99. The van der Waals surface area contributed by atoms with Gasteiger partial charge in [0.15, 0.2) is 0 Å². The van der Waals surface area contributed by atoms with Crippen LogP contribution < -0.4 is 5.73 Å². The molecule has 0 fully saturated rings. The zero-order chi connectivity index (χ0) is 16.5. The van der Waals surface area contributed by atoms with E-state index in [1.807, 2.05) is 0 Å². The first-order valence-corrected chi connectivity index (χ1v) is 9.78. The van der Waals surface area contributed by atoms with Gasteiger partial charge in [-0.3, -0.25) is 0 Å². The Hall–Kier alpha value is -0.530. The first kappa shape index (κ1) is 21.5. The number of hydrogen-bond donors (Lipinski definition) is 1. The van der Waals surface area contributed by atoms with Crippen molar-refractivity contribution in [3.05, 3.63) is 35.9 Å². The van der Waals surface area contributed by atoms with Gasteiger partial charge in [-0.05, 0) is 12.0 Å². The average Bonchev–Trinajstić information content (AvgIpc) is 2.59. The number of nitrogens with two attached hydrogens (primary N) is 1. The van der Waals surface area contributed by atoms with E-state index < -0.39 is 0 Å². The Bertz CT molecular complexity index is 313. The van der Waals surface area contributed by atoms with Crippen molar-refractivity contribution in [3.8, 4) is 0 Å². The highest BCUT2D eigenvalue weighted by atomic mass is 35.5. The molecule has 128 valence electrons. The van der Waals surface area contributed by atoms with E-state index in [2.05, 4.69) is 48.9 Å². The Morgan fingerprint density at radius 1 is 0.773 bits per heavy atom. The van der Waals surface area contributed by atoms with Crippen LogP contribution in [0.15, 0.2) is 30.3 Å². The third-order valence-corrected chi connectivity index (χ3v) is 4.10. The van der Waals surface area contributed by atoms with Crippen LogP contribution in [0.3, 0.4) is 0 Å². The lowest BCUT2D eigenvalue weighted by atomic mass is 10.00. The van der Waals surface area contributed by atoms with Crippen molar-refractivity contribution in [2.45, 2.75) is 83.6 Å². The minimum absolute atomic E-state index is 0.227. The Morgan fingerprint density at radius 3 is 1.73 bits per heavy atom. The van der Waals surface area contributed by atoms with E-state index in [-0.39, 0.29) is 6.04 Å². The maximum absolute atomic E-state index is 6.20. The lowest BCUT2D eigenvalue weighted by Crippen LogP contribution is -2.09. The molecule has 0 saturated carbocycles. The maximum Gasteiger partial charge on any atom is 0.0294 e. The molecule has 2 heteroatoms. The van der Waals surface area contributed by atoms with Crippen LogP contribution in [0.2, 0.25) is 0 Å². The van der Waals surface area contributed by atoms with Gasteiger partial charge >= 0.3 is 0 Å². The Balaban J connectivity index is 0.00000211. The summed E-state index contributed by atoms with van der Waals surface area (Å²) in [5.74, 6) is 0. The van der Waals surface area contributed by atoms with Crippen molar-refractivity contribution in [1.82, 2.24) is 0 Å². The molecule has 0 heterocycles. The molecule has 1 nitrogen and oxygen atoms in total. The third kappa shape index (κ3) is 12.1. The van der Waals surface area contributed by atoms with Crippen LogP contribution in [0.1, 0.15) is 89.2 Å². The fourth-order valence-electron chi connectivity index (χ4n) is 2.72. The maximum atomic E-state index is 6.20. The summed E-state index contributed by atoms with van der Waals surface area (Å²) in [7, 11) is 0. The van der Waals surface area contributed by atoms with Crippen LogP contribution in [-0.4, -0.2) is 6.38 Å². The fourth-order valence-corrected chi connectivity index (χ4v) is 2.72. The highest BCUT2D eigenvalue weighted by Crippen LogP contribution is 2.18. The summed E-state index contributed by atoms with van der Waals surface area (Å²) in [4.78, 5) is 0. The van der Waals surface area contributed by atoms with E-state index in [1.54, 1.807) is 0 Å². The monoisotopic (exact) mass is 325 g/mol. The van der Waals surface area contributed by atoms with Crippen molar-refractivity contribution in [1.29, 1.82) is 0 Å². The van der Waals surface area contributed by atoms with Crippen LogP contribution >= 0.6 is 11.6 Å². The number of unbranched alkanes of at least 4 members (excludes halogenated alkanes) is 9. The third-order valence-electron chi connectivity index (χ3n) is 4.10. The Morgan fingerprint density at radius 2 is 1.23 bits per heavy atom. The van der Waals surface area contributed by atoms with Crippen molar-refractivity contribution in [2.75, 3.05) is 6.38 Å². The molecule has 1 atom stereocenters. The quantitative estimate of drug-likeness (QED) is 0.330. The second-order valence-electron chi connectivity index (χ2n) is 5.99. The Labute approximate surface area is 143 Å². The number of benzene rings is 1. The van der Waals surface area contributed by atoms with E-state index in [0.717, 1.165) is 6.42 Å². The number of alkyl halides is 1. The van der Waals surface area contributed by atoms with Crippen LogP contribution in [0.5, 0.6) is 0 Å². The summed E-state index contributed by atoms with van der Waals surface area (Å²) in [6, 6.07) is 10.7. The number of halogens is 1. The molecule has 0 bridgehead atoms. The van der Waals surface area contributed by atoms with Gasteiger partial charge in [0, 0.05) is 12.4 Å². The van der Waals surface area contributed by atoms with Gasteiger partial charge in [0.2, 0.25) is 0 Å². The summed E-state index contributed by atoms with van der Waals surface area (Å²) in [5, 5.41) is 0. The normalized spacial score (nSPS) is 11.6. The fraction of sp³-hybridized carbons (Fsp3) is 0.700. The molecule has 2 N–H and O–H groups in total. The van der Waals surface area contributed by atoms with Crippen LogP contribution in [0.4, 0.5) is 0 Å². The number of rotatable bonds is 12. The van der Waals surface area contributed by atoms with Crippen molar-refractivity contribution >= 4 is 11.6 Å². The predicted molar refractivity (Wildman–Crippen MR) is 102 cm³/mol. The molecule has 0 radical (unpaired) electrons. The van der Waals surface area contributed by atoms with Gasteiger partial charge in [0.1, 0.15) is 0 Å². The largest absolute Gasteiger partial charge is 0.324 e. The highest BCUT2D eigenvalue weighted by Gasteiger charge is 2.04. The van der Waals surface area contributed by atoms with Gasteiger partial charge < -0.3 is 5.73 Å². The van der Waals surface area contributed by atoms with E-state index in [1.165, 1.54) is 76.2 Å². The molecule has 0 aliphatic heterocycles. The van der Waals surface area contributed by atoms with E-state index >= 15 is 0 Å². The minimum atomic E-state index is 0.227. The first-order chi connectivity index (χ1) is 10.8. The molecule has 0 amide bonds. The summed E-state index contributed by atoms with van der Waals surface area (Å²) in [6.07, 6.45) is 16.5. The Kier molecular flexibility index (Phi) is 16.4. The predicted octanol–water partition coefficient (Wildman–Crippen LogP) is 6.85. The summed E-state index contributed by atoms with van der Waals surface area (Å²) in [6.45, 7) is 2.28. The molecular weight excluding hydrogens is 290 g/mol. The topological polar surface area (TPSA) is 26.0 Å².